The number of ketones is 1. The average Bonchev–Trinajstić information content (AvgIpc) is 3.16. The maximum Gasteiger partial charge on any atom is 0.306 e. The summed E-state index contributed by atoms with van der Waals surface area (Å²) in [5.41, 5.74) is 0.101. The molecule has 0 atom stereocenters. The molecular weight excluding hydrogens is 279 g/mol. The van der Waals surface area contributed by atoms with E-state index in [1.54, 1.807) is 12.1 Å². The van der Waals surface area contributed by atoms with Gasteiger partial charge in [-0.1, -0.05) is 6.07 Å². The molecule has 0 amide bonds. The summed E-state index contributed by atoms with van der Waals surface area (Å²) in [4.78, 5) is 23.5. The fourth-order valence-electron chi connectivity index (χ4n) is 2.12. The molecule has 20 heavy (non-hydrogen) atoms. The van der Waals surface area contributed by atoms with Crippen molar-refractivity contribution in [2.75, 3.05) is 12.9 Å². The Balaban J connectivity index is 2.07. The quantitative estimate of drug-likeness (QED) is 0.458. The highest BCUT2D eigenvalue weighted by atomic mass is 32.2. The first-order chi connectivity index (χ1) is 9.47. The molecule has 0 radical (unpaired) electrons. The highest BCUT2D eigenvalue weighted by Gasteiger charge is 2.44. The molecule has 3 nitrogen and oxygen atoms in total. The van der Waals surface area contributed by atoms with E-state index in [9.17, 15) is 14.0 Å². The van der Waals surface area contributed by atoms with Gasteiger partial charge in [-0.05, 0) is 37.3 Å². The molecule has 5 heteroatoms. The molecule has 108 valence electrons. The average molecular weight is 296 g/mol. The van der Waals surface area contributed by atoms with Gasteiger partial charge in [0.2, 0.25) is 0 Å². The number of hydrogen-bond donors (Lipinski definition) is 0. The smallest absolute Gasteiger partial charge is 0.306 e. The standard InChI is InChI=1S/C15H17FO3S/c1-10(17)14-11(16)4-3-5-12(14)20-9-15(6-7-15)8-13(18)19-2/h3-5H,6-9H2,1-2H3. The van der Waals surface area contributed by atoms with Crippen molar-refractivity contribution >= 4 is 23.5 Å². The Labute approximate surface area is 121 Å². The van der Waals surface area contributed by atoms with Gasteiger partial charge in [0.1, 0.15) is 5.82 Å². The molecule has 0 bridgehead atoms. The number of carbonyl (C=O) groups is 2. The van der Waals surface area contributed by atoms with Crippen molar-refractivity contribution in [3.8, 4) is 0 Å². The minimum atomic E-state index is -0.486. The van der Waals surface area contributed by atoms with Gasteiger partial charge >= 0.3 is 5.97 Å². The lowest BCUT2D eigenvalue weighted by Crippen LogP contribution is -2.13. The molecule has 0 spiro atoms. The van der Waals surface area contributed by atoms with Crippen LogP contribution in [0.2, 0.25) is 0 Å². The summed E-state index contributed by atoms with van der Waals surface area (Å²) in [6, 6.07) is 4.64. The summed E-state index contributed by atoms with van der Waals surface area (Å²) in [6.45, 7) is 1.36. The van der Waals surface area contributed by atoms with Crippen LogP contribution in [-0.4, -0.2) is 24.6 Å². The molecule has 0 unspecified atom stereocenters. The predicted octanol–water partition coefficient (Wildman–Crippen LogP) is 3.46. The SMILES string of the molecule is COC(=O)CC1(CSc2cccc(F)c2C(C)=O)CC1. The van der Waals surface area contributed by atoms with Crippen molar-refractivity contribution < 1.29 is 18.7 Å². The van der Waals surface area contributed by atoms with Gasteiger partial charge in [-0.25, -0.2) is 4.39 Å². The first-order valence-electron chi connectivity index (χ1n) is 6.46. The monoisotopic (exact) mass is 296 g/mol. The zero-order valence-corrected chi connectivity index (χ0v) is 12.4. The van der Waals surface area contributed by atoms with E-state index in [1.165, 1.54) is 31.9 Å². The van der Waals surface area contributed by atoms with E-state index < -0.39 is 5.82 Å². The lowest BCUT2D eigenvalue weighted by molar-refractivity contribution is -0.141. The number of methoxy groups -OCH3 is 1. The maximum atomic E-state index is 13.7. The molecule has 1 aliphatic rings. The number of rotatable bonds is 6. The third-order valence-corrected chi connectivity index (χ3v) is 4.97. The first-order valence-corrected chi connectivity index (χ1v) is 7.45. The maximum absolute atomic E-state index is 13.7. The fraction of sp³-hybridized carbons (Fsp3) is 0.467. The molecule has 1 saturated carbocycles. The lowest BCUT2D eigenvalue weighted by Gasteiger charge is -2.14. The Morgan fingerprint density at radius 2 is 2.10 bits per heavy atom. The third kappa shape index (κ3) is 3.39. The Morgan fingerprint density at radius 3 is 2.65 bits per heavy atom. The van der Waals surface area contributed by atoms with Crippen LogP contribution in [0.25, 0.3) is 0 Å². The van der Waals surface area contributed by atoms with Crippen molar-refractivity contribution in [1.82, 2.24) is 0 Å². The van der Waals surface area contributed by atoms with Crippen LogP contribution in [0.3, 0.4) is 0 Å². The van der Waals surface area contributed by atoms with Crippen molar-refractivity contribution in [3.05, 3.63) is 29.6 Å². The molecule has 1 aromatic rings. The van der Waals surface area contributed by atoms with E-state index in [0.29, 0.717) is 17.1 Å². The van der Waals surface area contributed by atoms with Gasteiger partial charge in [0.05, 0.1) is 19.1 Å². The largest absolute Gasteiger partial charge is 0.469 e. The van der Waals surface area contributed by atoms with Gasteiger partial charge in [-0.3, -0.25) is 9.59 Å². The van der Waals surface area contributed by atoms with Crippen LogP contribution >= 0.6 is 11.8 Å². The summed E-state index contributed by atoms with van der Waals surface area (Å²) in [6.07, 6.45) is 2.33. The molecule has 0 aliphatic heterocycles. The van der Waals surface area contributed by atoms with E-state index in [-0.39, 0.29) is 22.7 Å². The Bertz CT molecular complexity index is 538. The topological polar surface area (TPSA) is 43.4 Å². The van der Waals surface area contributed by atoms with Crippen LogP contribution in [0.15, 0.2) is 23.1 Å². The van der Waals surface area contributed by atoms with Crippen LogP contribution in [-0.2, 0) is 9.53 Å². The van der Waals surface area contributed by atoms with Crippen LogP contribution in [0, 0.1) is 11.2 Å². The van der Waals surface area contributed by atoms with Gasteiger partial charge in [-0.2, -0.15) is 0 Å². The van der Waals surface area contributed by atoms with Crippen LogP contribution in [0.1, 0.15) is 36.5 Å². The van der Waals surface area contributed by atoms with Crippen molar-refractivity contribution in [1.29, 1.82) is 0 Å². The van der Waals surface area contributed by atoms with E-state index >= 15 is 0 Å². The Kier molecular flexibility index (Phi) is 4.48. The summed E-state index contributed by atoms with van der Waals surface area (Å²) < 4.78 is 18.4. The lowest BCUT2D eigenvalue weighted by atomic mass is 10.1. The predicted molar refractivity (Wildman–Crippen MR) is 75.4 cm³/mol. The molecule has 1 aromatic carbocycles. The number of hydrogen-bond acceptors (Lipinski definition) is 4. The van der Waals surface area contributed by atoms with E-state index in [4.69, 9.17) is 4.74 Å². The van der Waals surface area contributed by atoms with E-state index in [2.05, 4.69) is 0 Å². The number of ether oxygens (including phenoxy) is 1. The molecule has 2 rings (SSSR count). The van der Waals surface area contributed by atoms with E-state index in [1.807, 2.05) is 0 Å². The summed E-state index contributed by atoms with van der Waals surface area (Å²) in [7, 11) is 1.38. The summed E-state index contributed by atoms with van der Waals surface area (Å²) in [5, 5.41) is 0. The molecule has 0 saturated heterocycles. The molecular formula is C15H17FO3S. The summed E-state index contributed by atoms with van der Waals surface area (Å²) in [5.74, 6) is -0.274. The van der Waals surface area contributed by atoms with Gasteiger partial charge < -0.3 is 4.74 Å². The van der Waals surface area contributed by atoms with E-state index in [0.717, 1.165) is 12.8 Å². The zero-order chi connectivity index (χ0) is 14.8. The van der Waals surface area contributed by atoms with Crippen LogP contribution in [0.5, 0.6) is 0 Å². The second-order valence-corrected chi connectivity index (χ2v) is 6.23. The van der Waals surface area contributed by atoms with Gasteiger partial charge in [0, 0.05) is 10.6 Å². The third-order valence-electron chi connectivity index (χ3n) is 3.57. The minimum absolute atomic E-state index is 0.0435. The highest BCUT2D eigenvalue weighted by molar-refractivity contribution is 7.99. The number of halogens is 1. The zero-order valence-electron chi connectivity index (χ0n) is 11.6. The normalized spacial score (nSPS) is 15.8. The number of Topliss-reactive ketones (excluding diaryl/α,β-unsaturated/α-hetero) is 1. The Morgan fingerprint density at radius 1 is 1.40 bits per heavy atom. The van der Waals surface area contributed by atoms with Crippen LogP contribution in [0.4, 0.5) is 4.39 Å². The molecule has 0 heterocycles. The molecule has 1 aliphatic carbocycles. The fourth-order valence-corrected chi connectivity index (χ4v) is 3.54. The Hall–Kier alpha value is -1.36. The van der Waals surface area contributed by atoms with Crippen LogP contribution < -0.4 is 0 Å². The van der Waals surface area contributed by atoms with Crippen molar-refractivity contribution in [2.24, 2.45) is 5.41 Å². The summed E-state index contributed by atoms with van der Waals surface area (Å²) >= 11 is 1.44. The van der Waals surface area contributed by atoms with Gasteiger partial charge in [0.15, 0.2) is 5.78 Å². The molecule has 1 fully saturated rings. The van der Waals surface area contributed by atoms with Crippen molar-refractivity contribution in [3.63, 3.8) is 0 Å². The van der Waals surface area contributed by atoms with Crippen molar-refractivity contribution in [2.45, 2.75) is 31.1 Å². The minimum Gasteiger partial charge on any atom is -0.469 e. The number of thioether (sulfide) groups is 1. The number of carbonyl (C=O) groups excluding carboxylic acids is 2. The second kappa shape index (κ2) is 5.95. The first kappa shape index (κ1) is 15.0. The van der Waals surface area contributed by atoms with Gasteiger partial charge in [-0.15, -0.1) is 11.8 Å². The highest BCUT2D eigenvalue weighted by Crippen LogP contribution is 2.52. The number of esters is 1. The number of benzene rings is 1. The molecule has 0 N–H and O–H groups in total. The second-order valence-electron chi connectivity index (χ2n) is 5.21. The van der Waals surface area contributed by atoms with Gasteiger partial charge in [0.25, 0.3) is 0 Å². The molecule has 0 aromatic heterocycles.